The summed E-state index contributed by atoms with van der Waals surface area (Å²) in [7, 11) is 0. The quantitative estimate of drug-likeness (QED) is 0.170. The van der Waals surface area contributed by atoms with Crippen LogP contribution in [0.15, 0.2) is 106 Å². The number of phenolic OH excluding ortho intramolecular Hbond substituents is 4. The highest BCUT2D eigenvalue weighted by molar-refractivity contribution is 9.10. The van der Waals surface area contributed by atoms with Crippen molar-refractivity contribution in [3.63, 3.8) is 0 Å². The number of phenols is 4. The molecular formula is C34H20Br2O9. The fourth-order valence-corrected chi connectivity index (χ4v) is 6.61. The van der Waals surface area contributed by atoms with E-state index in [1.165, 1.54) is 48.6 Å². The SMILES string of the molecule is O=C1C=C(c2ccc(O)c(Br)c2)[C@]2(O1)O[C@]1(OC(=O)C=C1c1ccc(O)c(Br)c1)C(c1ccc(O)cc1)=C2c1ccc(O)cc1. The molecule has 4 aromatic carbocycles. The van der Waals surface area contributed by atoms with Crippen LogP contribution < -0.4 is 0 Å². The summed E-state index contributed by atoms with van der Waals surface area (Å²) < 4.78 is 19.8. The molecule has 0 bridgehead atoms. The van der Waals surface area contributed by atoms with Gasteiger partial charge in [-0.3, -0.25) is 4.74 Å². The molecule has 0 saturated carbocycles. The van der Waals surface area contributed by atoms with Crippen LogP contribution in [0.4, 0.5) is 0 Å². The van der Waals surface area contributed by atoms with Crippen LogP contribution in [0.3, 0.4) is 0 Å². The highest BCUT2D eigenvalue weighted by Crippen LogP contribution is 2.63. The van der Waals surface area contributed by atoms with E-state index >= 15 is 0 Å². The van der Waals surface area contributed by atoms with Gasteiger partial charge in [0.25, 0.3) is 11.6 Å². The van der Waals surface area contributed by atoms with Crippen molar-refractivity contribution >= 4 is 66.1 Å². The van der Waals surface area contributed by atoms with Gasteiger partial charge < -0.3 is 29.9 Å². The third kappa shape index (κ3) is 4.54. The van der Waals surface area contributed by atoms with Crippen LogP contribution in [0.25, 0.3) is 22.3 Å². The zero-order chi connectivity index (χ0) is 31.7. The molecule has 3 aliphatic rings. The number of esters is 2. The summed E-state index contributed by atoms with van der Waals surface area (Å²) >= 11 is 6.68. The van der Waals surface area contributed by atoms with E-state index in [-0.39, 0.29) is 45.3 Å². The Bertz CT molecular complexity index is 1880. The van der Waals surface area contributed by atoms with Gasteiger partial charge in [0, 0.05) is 34.4 Å². The molecule has 0 fully saturated rings. The predicted molar refractivity (Wildman–Crippen MR) is 169 cm³/mol. The lowest BCUT2D eigenvalue weighted by molar-refractivity contribution is -0.232. The van der Waals surface area contributed by atoms with Crippen LogP contribution in [-0.4, -0.2) is 43.9 Å². The first kappa shape index (κ1) is 28.9. The first-order valence-corrected chi connectivity index (χ1v) is 15.0. The normalized spacial score (nSPS) is 22.2. The van der Waals surface area contributed by atoms with Crippen LogP contribution in [0.2, 0.25) is 0 Å². The van der Waals surface area contributed by atoms with Gasteiger partial charge in [-0.2, -0.15) is 0 Å². The molecule has 3 heterocycles. The Labute approximate surface area is 272 Å². The zero-order valence-corrected chi connectivity index (χ0v) is 26.0. The summed E-state index contributed by atoms with van der Waals surface area (Å²) in [6, 6.07) is 21.6. The third-order valence-electron chi connectivity index (χ3n) is 7.75. The van der Waals surface area contributed by atoms with Crippen LogP contribution in [0, 0.1) is 0 Å². The molecule has 0 amide bonds. The maximum absolute atomic E-state index is 13.3. The summed E-state index contributed by atoms with van der Waals surface area (Å²) in [6.45, 7) is 0. The van der Waals surface area contributed by atoms with Gasteiger partial charge in [-0.15, -0.1) is 0 Å². The Morgan fingerprint density at radius 2 is 0.867 bits per heavy atom. The van der Waals surface area contributed by atoms with Gasteiger partial charge >= 0.3 is 11.9 Å². The minimum Gasteiger partial charge on any atom is -0.508 e. The number of carbonyl (C=O) groups excluding carboxylic acids is 2. The number of aromatic hydroxyl groups is 4. The second kappa shape index (κ2) is 10.4. The standard InChI is InChI=1S/C34H20Br2O9/c35-25-13-19(5-11-27(25)39)23-15-29(41)43-33(23)31(17-1-7-21(37)8-2-17)32(18-3-9-22(38)10-4-18)34(45-33)24(16-30(42)44-34)20-6-12-28(40)26(36)14-20/h1-16,37-40H/t33-,34-/m0/s1. The molecular weight excluding hydrogens is 712 g/mol. The lowest BCUT2D eigenvalue weighted by atomic mass is 9.81. The second-order valence-corrected chi connectivity index (χ2v) is 12.2. The van der Waals surface area contributed by atoms with E-state index in [0.29, 0.717) is 31.2 Å². The Morgan fingerprint density at radius 1 is 0.511 bits per heavy atom. The minimum absolute atomic E-state index is 0.0170. The van der Waals surface area contributed by atoms with Crippen molar-refractivity contribution in [3.8, 4) is 23.0 Å². The molecule has 4 N–H and O–H groups in total. The monoisotopic (exact) mass is 730 g/mol. The maximum atomic E-state index is 13.3. The van der Waals surface area contributed by atoms with Crippen molar-refractivity contribution in [2.75, 3.05) is 0 Å². The van der Waals surface area contributed by atoms with Gasteiger partial charge in [0.2, 0.25) is 0 Å². The fourth-order valence-electron chi connectivity index (χ4n) is 5.86. The number of ether oxygens (including phenoxy) is 3. The summed E-state index contributed by atoms with van der Waals surface area (Å²) in [5, 5.41) is 40.8. The summed E-state index contributed by atoms with van der Waals surface area (Å²) in [5.74, 6) is -5.62. The molecule has 45 heavy (non-hydrogen) atoms. The molecule has 2 atom stereocenters. The molecule has 3 aliphatic heterocycles. The zero-order valence-electron chi connectivity index (χ0n) is 22.8. The van der Waals surface area contributed by atoms with E-state index < -0.39 is 23.5 Å². The van der Waals surface area contributed by atoms with Crippen molar-refractivity contribution in [2.45, 2.75) is 11.6 Å². The van der Waals surface area contributed by atoms with E-state index in [4.69, 9.17) is 14.2 Å². The van der Waals surface area contributed by atoms with E-state index in [2.05, 4.69) is 31.9 Å². The van der Waals surface area contributed by atoms with Crippen LogP contribution in [0.1, 0.15) is 22.3 Å². The Morgan fingerprint density at radius 3 is 1.22 bits per heavy atom. The van der Waals surface area contributed by atoms with Gasteiger partial charge in [-0.1, -0.05) is 36.4 Å². The van der Waals surface area contributed by atoms with E-state index in [0.717, 1.165) is 0 Å². The Balaban J connectivity index is 1.59. The number of hydrogen-bond acceptors (Lipinski definition) is 9. The smallest absolute Gasteiger partial charge is 0.334 e. The van der Waals surface area contributed by atoms with Crippen molar-refractivity contribution in [1.29, 1.82) is 0 Å². The van der Waals surface area contributed by atoms with Crippen molar-refractivity contribution in [3.05, 3.63) is 128 Å². The molecule has 4 aromatic rings. The maximum Gasteiger partial charge on any atom is 0.334 e. The van der Waals surface area contributed by atoms with Crippen molar-refractivity contribution < 1.29 is 44.2 Å². The lowest BCUT2D eigenvalue weighted by Crippen LogP contribution is -2.41. The molecule has 11 heteroatoms. The molecule has 0 radical (unpaired) electrons. The summed E-state index contributed by atoms with van der Waals surface area (Å²) in [4.78, 5) is 26.5. The van der Waals surface area contributed by atoms with Gasteiger partial charge in [-0.05, 0) is 103 Å². The van der Waals surface area contributed by atoms with Crippen LogP contribution in [-0.2, 0) is 23.8 Å². The predicted octanol–water partition coefficient (Wildman–Crippen LogP) is 6.65. The number of hydrogen-bond donors (Lipinski definition) is 4. The van der Waals surface area contributed by atoms with Crippen molar-refractivity contribution in [2.24, 2.45) is 0 Å². The molecule has 224 valence electrons. The first-order chi connectivity index (χ1) is 21.5. The number of halogens is 2. The number of benzene rings is 4. The third-order valence-corrected chi connectivity index (χ3v) is 9.02. The van der Waals surface area contributed by atoms with E-state index in [1.54, 1.807) is 48.5 Å². The molecule has 0 aromatic heterocycles. The fraction of sp³-hybridized carbons (Fsp3) is 0.0588. The highest BCUT2D eigenvalue weighted by atomic mass is 79.9. The minimum atomic E-state index is -2.02. The van der Waals surface area contributed by atoms with Gasteiger partial charge in [0.05, 0.1) is 8.95 Å². The average molecular weight is 732 g/mol. The summed E-state index contributed by atoms with van der Waals surface area (Å²) in [5.41, 5.74) is 2.89. The van der Waals surface area contributed by atoms with Gasteiger partial charge in [0.15, 0.2) is 0 Å². The first-order valence-electron chi connectivity index (χ1n) is 13.4. The van der Waals surface area contributed by atoms with Crippen molar-refractivity contribution in [1.82, 2.24) is 0 Å². The number of rotatable bonds is 4. The molecule has 0 aliphatic carbocycles. The Hall–Kier alpha value is -4.84. The van der Waals surface area contributed by atoms with Crippen LogP contribution in [0.5, 0.6) is 23.0 Å². The number of carbonyl (C=O) groups is 2. The molecule has 0 unspecified atom stereocenters. The molecule has 7 rings (SSSR count). The van der Waals surface area contributed by atoms with Gasteiger partial charge in [-0.25, -0.2) is 9.59 Å². The summed E-state index contributed by atoms with van der Waals surface area (Å²) in [6.07, 6.45) is 2.54. The second-order valence-electron chi connectivity index (χ2n) is 10.5. The average Bonchev–Trinajstić information content (AvgIpc) is 3.61. The molecule has 2 spiro atoms. The highest BCUT2D eigenvalue weighted by Gasteiger charge is 2.67. The molecule has 9 nitrogen and oxygen atoms in total. The molecule has 0 saturated heterocycles. The van der Waals surface area contributed by atoms with E-state index in [9.17, 15) is 30.0 Å². The Kier molecular flexibility index (Phi) is 6.66. The van der Waals surface area contributed by atoms with E-state index in [1.807, 2.05) is 0 Å². The van der Waals surface area contributed by atoms with Gasteiger partial charge in [0.1, 0.15) is 23.0 Å². The van der Waals surface area contributed by atoms with Crippen LogP contribution >= 0.6 is 31.9 Å². The largest absolute Gasteiger partial charge is 0.508 e. The topological polar surface area (TPSA) is 143 Å². The lowest BCUT2D eigenvalue weighted by Gasteiger charge is -2.34.